The normalized spacial score (nSPS) is 17.2. The summed E-state index contributed by atoms with van der Waals surface area (Å²) in [6.07, 6.45) is 0.524. The number of nitrogens with one attached hydrogen (secondary N) is 1. The van der Waals surface area contributed by atoms with Crippen molar-refractivity contribution in [1.29, 1.82) is 0 Å². The molecule has 1 unspecified atom stereocenters. The van der Waals surface area contributed by atoms with Crippen molar-refractivity contribution >= 4 is 17.7 Å². The average molecular weight is 350 g/mol. The highest BCUT2D eigenvalue weighted by molar-refractivity contribution is 5.93. The van der Waals surface area contributed by atoms with E-state index in [2.05, 4.69) is 5.32 Å². The SMILES string of the molecule is COC(=O)c1ccc(NC2CCN(C(=O)OC(C)(C)C)C2)cc1OC. The summed E-state index contributed by atoms with van der Waals surface area (Å²) < 4.78 is 15.4. The molecule has 1 aliphatic heterocycles. The van der Waals surface area contributed by atoms with Gasteiger partial charge in [-0.25, -0.2) is 9.59 Å². The topological polar surface area (TPSA) is 77.1 Å². The fraction of sp³-hybridized carbons (Fsp3) is 0.556. The number of amides is 1. The van der Waals surface area contributed by atoms with E-state index in [1.165, 1.54) is 14.2 Å². The molecule has 1 N–H and O–H groups in total. The van der Waals surface area contributed by atoms with E-state index in [1.807, 2.05) is 20.8 Å². The van der Waals surface area contributed by atoms with Crippen LogP contribution in [0.4, 0.5) is 10.5 Å². The third-order valence-electron chi connectivity index (χ3n) is 3.82. The summed E-state index contributed by atoms with van der Waals surface area (Å²) in [6, 6.07) is 5.32. The van der Waals surface area contributed by atoms with E-state index in [-0.39, 0.29) is 12.1 Å². The van der Waals surface area contributed by atoms with Crippen LogP contribution in [0.5, 0.6) is 5.75 Å². The van der Waals surface area contributed by atoms with E-state index in [0.717, 1.165) is 12.1 Å². The Kier molecular flexibility index (Phi) is 5.77. The van der Waals surface area contributed by atoms with Gasteiger partial charge in [-0.3, -0.25) is 0 Å². The number of esters is 1. The van der Waals surface area contributed by atoms with Crippen molar-refractivity contribution in [3.8, 4) is 5.75 Å². The standard InChI is InChI=1S/C18H26N2O5/c1-18(2,3)25-17(22)20-9-8-13(11-20)19-12-6-7-14(16(21)24-5)15(10-12)23-4/h6-7,10,13,19H,8-9,11H2,1-5H3. The number of ether oxygens (including phenoxy) is 3. The van der Waals surface area contributed by atoms with Crippen LogP contribution in [-0.4, -0.2) is 55.9 Å². The van der Waals surface area contributed by atoms with Gasteiger partial charge in [0.15, 0.2) is 0 Å². The van der Waals surface area contributed by atoms with Gasteiger partial charge in [0.2, 0.25) is 0 Å². The number of hydrogen-bond donors (Lipinski definition) is 1. The number of anilines is 1. The van der Waals surface area contributed by atoms with Crippen LogP contribution in [0.25, 0.3) is 0 Å². The highest BCUT2D eigenvalue weighted by Gasteiger charge is 2.29. The highest BCUT2D eigenvalue weighted by Crippen LogP contribution is 2.26. The number of nitrogens with zero attached hydrogens (tertiary/aromatic N) is 1. The van der Waals surface area contributed by atoms with Crippen molar-refractivity contribution in [2.24, 2.45) is 0 Å². The smallest absolute Gasteiger partial charge is 0.410 e. The third-order valence-corrected chi connectivity index (χ3v) is 3.82. The lowest BCUT2D eigenvalue weighted by Crippen LogP contribution is -2.36. The van der Waals surface area contributed by atoms with Crippen molar-refractivity contribution in [3.63, 3.8) is 0 Å². The molecule has 0 aromatic heterocycles. The summed E-state index contributed by atoms with van der Waals surface area (Å²) in [7, 11) is 2.84. The maximum Gasteiger partial charge on any atom is 0.410 e. The van der Waals surface area contributed by atoms with Gasteiger partial charge in [0.25, 0.3) is 0 Å². The van der Waals surface area contributed by atoms with Crippen molar-refractivity contribution in [2.45, 2.75) is 38.8 Å². The van der Waals surface area contributed by atoms with E-state index in [4.69, 9.17) is 14.2 Å². The van der Waals surface area contributed by atoms with Crippen LogP contribution in [0.2, 0.25) is 0 Å². The van der Waals surface area contributed by atoms with E-state index < -0.39 is 11.6 Å². The van der Waals surface area contributed by atoms with Gasteiger partial charge in [0, 0.05) is 30.9 Å². The Morgan fingerprint density at radius 3 is 2.56 bits per heavy atom. The third kappa shape index (κ3) is 5.01. The van der Waals surface area contributed by atoms with Crippen molar-refractivity contribution < 1.29 is 23.8 Å². The minimum atomic E-state index is -0.500. The predicted octanol–water partition coefficient (Wildman–Crippen LogP) is 2.90. The van der Waals surface area contributed by atoms with Gasteiger partial charge < -0.3 is 24.4 Å². The van der Waals surface area contributed by atoms with E-state index in [9.17, 15) is 9.59 Å². The Labute approximate surface area is 148 Å². The van der Waals surface area contributed by atoms with Crippen LogP contribution >= 0.6 is 0 Å². The molecule has 0 bridgehead atoms. The Balaban J connectivity index is 1.99. The first kappa shape index (κ1) is 18.9. The molecule has 1 aromatic carbocycles. The molecule has 1 heterocycles. The summed E-state index contributed by atoms with van der Waals surface area (Å²) in [6.45, 7) is 6.77. The zero-order chi connectivity index (χ0) is 18.6. The number of rotatable bonds is 4. The number of hydrogen-bond acceptors (Lipinski definition) is 6. The molecule has 1 saturated heterocycles. The molecule has 138 valence electrons. The van der Waals surface area contributed by atoms with Crippen LogP contribution in [-0.2, 0) is 9.47 Å². The Bertz CT molecular complexity index is 639. The molecule has 0 saturated carbocycles. The van der Waals surface area contributed by atoms with Crippen molar-refractivity contribution in [3.05, 3.63) is 23.8 Å². The molecule has 1 aliphatic rings. The fourth-order valence-electron chi connectivity index (χ4n) is 2.67. The Morgan fingerprint density at radius 2 is 1.96 bits per heavy atom. The minimum absolute atomic E-state index is 0.112. The number of carbonyl (C=O) groups is 2. The second-order valence-corrected chi connectivity index (χ2v) is 6.96. The van der Waals surface area contributed by atoms with Gasteiger partial charge in [-0.05, 0) is 39.3 Å². The van der Waals surface area contributed by atoms with Gasteiger partial charge in [-0.2, -0.15) is 0 Å². The van der Waals surface area contributed by atoms with Crippen molar-refractivity contribution in [2.75, 3.05) is 32.6 Å². The second kappa shape index (κ2) is 7.63. The molecule has 7 nitrogen and oxygen atoms in total. The zero-order valence-corrected chi connectivity index (χ0v) is 15.4. The Hall–Kier alpha value is -2.44. The molecule has 1 aromatic rings. The van der Waals surface area contributed by atoms with Crippen LogP contribution in [0.1, 0.15) is 37.6 Å². The summed E-state index contributed by atoms with van der Waals surface area (Å²) in [5, 5.41) is 3.37. The lowest BCUT2D eigenvalue weighted by Gasteiger charge is -2.24. The second-order valence-electron chi connectivity index (χ2n) is 6.96. The van der Waals surface area contributed by atoms with Gasteiger partial charge in [-0.1, -0.05) is 0 Å². The van der Waals surface area contributed by atoms with Gasteiger partial charge in [-0.15, -0.1) is 0 Å². The molecule has 0 aliphatic carbocycles. The molecule has 1 fully saturated rings. The number of likely N-dealkylation sites (tertiary alicyclic amines) is 1. The van der Waals surface area contributed by atoms with Gasteiger partial charge >= 0.3 is 12.1 Å². The molecule has 2 rings (SSSR count). The lowest BCUT2D eigenvalue weighted by molar-refractivity contribution is 0.0293. The molecule has 25 heavy (non-hydrogen) atoms. The summed E-state index contributed by atoms with van der Waals surface area (Å²) >= 11 is 0. The molecule has 0 spiro atoms. The average Bonchev–Trinajstić information content (AvgIpc) is 3.01. The van der Waals surface area contributed by atoms with Crippen LogP contribution in [0, 0.1) is 0 Å². The lowest BCUT2D eigenvalue weighted by atomic mass is 10.1. The van der Waals surface area contributed by atoms with E-state index >= 15 is 0 Å². The molecule has 1 amide bonds. The molecular weight excluding hydrogens is 324 g/mol. The number of carbonyl (C=O) groups excluding carboxylic acids is 2. The number of benzene rings is 1. The fourth-order valence-corrected chi connectivity index (χ4v) is 2.67. The molecule has 1 atom stereocenters. The summed E-state index contributed by atoms with van der Waals surface area (Å²) in [4.78, 5) is 25.5. The van der Waals surface area contributed by atoms with Crippen LogP contribution in [0.3, 0.4) is 0 Å². The number of methoxy groups -OCH3 is 2. The molecular formula is C18H26N2O5. The minimum Gasteiger partial charge on any atom is -0.496 e. The maximum atomic E-state index is 12.1. The van der Waals surface area contributed by atoms with Crippen molar-refractivity contribution in [1.82, 2.24) is 4.90 Å². The quantitative estimate of drug-likeness (QED) is 0.842. The van der Waals surface area contributed by atoms with E-state index in [0.29, 0.717) is 24.4 Å². The monoisotopic (exact) mass is 350 g/mol. The predicted molar refractivity (Wildman–Crippen MR) is 94.2 cm³/mol. The Morgan fingerprint density at radius 1 is 1.24 bits per heavy atom. The summed E-state index contributed by atoms with van der Waals surface area (Å²) in [5.74, 6) is -0.000729. The first-order valence-corrected chi connectivity index (χ1v) is 8.24. The first-order valence-electron chi connectivity index (χ1n) is 8.24. The van der Waals surface area contributed by atoms with E-state index in [1.54, 1.807) is 23.1 Å². The largest absolute Gasteiger partial charge is 0.496 e. The molecule has 0 radical (unpaired) electrons. The van der Waals surface area contributed by atoms with Crippen LogP contribution < -0.4 is 10.1 Å². The van der Waals surface area contributed by atoms with Gasteiger partial charge in [0.1, 0.15) is 16.9 Å². The first-order chi connectivity index (χ1) is 11.7. The summed E-state index contributed by atoms with van der Waals surface area (Å²) in [5.41, 5.74) is 0.692. The zero-order valence-electron chi connectivity index (χ0n) is 15.4. The van der Waals surface area contributed by atoms with Gasteiger partial charge in [0.05, 0.1) is 14.2 Å². The highest BCUT2D eigenvalue weighted by atomic mass is 16.6. The molecule has 7 heteroatoms. The maximum absolute atomic E-state index is 12.1. The van der Waals surface area contributed by atoms with Crippen LogP contribution in [0.15, 0.2) is 18.2 Å².